The van der Waals surface area contributed by atoms with Crippen molar-refractivity contribution in [3.05, 3.63) is 42.2 Å². The van der Waals surface area contributed by atoms with Crippen molar-refractivity contribution < 1.29 is 0 Å². The van der Waals surface area contributed by atoms with E-state index in [4.69, 9.17) is 0 Å². The molecule has 0 saturated heterocycles. The zero-order chi connectivity index (χ0) is 11.2. The number of allylic oxidation sites excluding steroid dienone is 1. The molecule has 0 N–H and O–H groups in total. The van der Waals surface area contributed by atoms with Crippen LogP contribution in [-0.4, -0.2) is 26.5 Å². The van der Waals surface area contributed by atoms with Crippen LogP contribution in [0.25, 0.3) is 6.08 Å². The molecule has 0 aliphatic carbocycles. The number of hydrogen-bond acceptors (Lipinski definition) is 4. The van der Waals surface area contributed by atoms with E-state index in [0.29, 0.717) is 6.54 Å². The molecule has 0 saturated carbocycles. The minimum absolute atomic E-state index is 0.692. The molecule has 82 valence electrons. The molecule has 0 radical (unpaired) electrons. The minimum Gasteiger partial charge on any atom is -0.229 e. The summed E-state index contributed by atoms with van der Waals surface area (Å²) in [6, 6.07) is 8.42. The zero-order valence-electron chi connectivity index (χ0n) is 8.95. The third kappa shape index (κ3) is 2.93. The van der Waals surface area contributed by atoms with Gasteiger partial charge < -0.3 is 0 Å². The molecule has 0 bridgehead atoms. The standard InChI is InChI=1S/C11H12N4S/c1-16-11-6-4-10(5-7-11)3-2-8-15-9-12-13-14-15/h2-7,9H,8H2,1H3/b3-2+. The monoisotopic (exact) mass is 232 g/mol. The summed E-state index contributed by atoms with van der Waals surface area (Å²) < 4.78 is 1.67. The number of aromatic nitrogens is 4. The molecule has 2 aromatic rings. The summed E-state index contributed by atoms with van der Waals surface area (Å²) in [5.74, 6) is 0. The number of thioether (sulfide) groups is 1. The van der Waals surface area contributed by atoms with E-state index in [1.807, 2.05) is 6.08 Å². The van der Waals surface area contributed by atoms with Crippen molar-refractivity contribution in [3.8, 4) is 0 Å². The van der Waals surface area contributed by atoms with Crippen LogP contribution in [0.5, 0.6) is 0 Å². The number of tetrazole rings is 1. The highest BCUT2D eigenvalue weighted by Gasteiger charge is 1.90. The summed E-state index contributed by atoms with van der Waals surface area (Å²) in [6.07, 6.45) is 7.76. The maximum absolute atomic E-state index is 3.78. The maximum Gasteiger partial charge on any atom is 0.138 e. The van der Waals surface area contributed by atoms with Gasteiger partial charge in [-0.3, -0.25) is 0 Å². The van der Waals surface area contributed by atoms with E-state index in [9.17, 15) is 0 Å². The van der Waals surface area contributed by atoms with Gasteiger partial charge in [-0.05, 0) is 34.4 Å². The van der Waals surface area contributed by atoms with Crippen molar-refractivity contribution in [1.29, 1.82) is 0 Å². The van der Waals surface area contributed by atoms with E-state index < -0.39 is 0 Å². The second kappa shape index (κ2) is 5.46. The highest BCUT2D eigenvalue weighted by Crippen LogP contribution is 2.15. The van der Waals surface area contributed by atoms with Crippen molar-refractivity contribution in [2.45, 2.75) is 11.4 Å². The molecule has 5 heteroatoms. The Morgan fingerprint density at radius 1 is 1.31 bits per heavy atom. The van der Waals surface area contributed by atoms with Gasteiger partial charge in [0.2, 0.25) is 0 Å². The van der Waals surface area contributed by atoms with Gasteiger partial charge in [0.1, 0.15) is 6.33 Å². The van der Waals surface area contributed by atoms with E-state index in [1.54, 1.807) is 22.8 Å². The quantitative estimate of drug-likeness (QED) is 0.757. The van der Waals surface area contributed by atoms with E-state index in [-0.39, 0.29) is 0 Å². The lowest BCUT2D eigenvalue weighted by atomic mass is 10.2. The zero-order valence-corrected chi connectivity index (χ0v) is 9.76. The van der Waals surface area contributed by atoms with Crippen LogP contribution in [0.1, 0.15) is 5.56 Å². The van der Waals surface area contributed by atoms with Crippen LogP contribution in [0.3, 0.4) is 0 Å². The van der Waals surface area contributed by atoms with E-state index >= 15 is 0 Å². The summed E-state index contributed by atoms with van der Waals surface area (Å²) in [5.41, 5.74) is 1.19. The van der Waals surface area contributed by atoms with Crippen molar-refractivity contribution in [2.75, 3.05) is 6.26 Å². The van der Waals surface area contributed by atoms with Crippen molar-refractivity contribution >= 4 is 17.8 Å². The second-order valence-electron chi connectivity index (χ2n) is 3.21. The molecule has 0 aliphatic rings. The Bertz CT molecular complexity index is 447. The largest absolute Gasteiger partial charge is 0.229 e. The van der Waals surface area contributed by atoms with Crippen LogP contribution in [-0.2, 0) is 6.54 Å². The topological polar surface area (TPSA) is 43.6 Å². The molecule has 4 nitrogen and oxygen atoms in total. The predicted octanol–water partition coefficient (Wildman–Crippen LogP) is 2.11. The van der Waals surface area contributed by atoms with Crippen LogP contribution < -0.4 is 0 Å². The lowest BCUT2D eigenvalue weighted by molar-refractivity contribution is 0.661. The Morgan fingerprint density at radius 2 is 2.12 bits per heavy atom. The van der Waals surface area contributed by atoms with Gasteiger partial charge in [0.15, 0.2) is 0 Å². The van der Waals surface area contributed by atoms with Gasteiger partial charge >= 0.3 is 0 Å². The summed E-state index contributed by atoms with van der Waals surface area (Å²) in [6.45, 7) is 0.692. The van der Waals surface area contributed by atoms with Gasteiger partial charge in [-0.25, -0.2) is 4.68 Å². The smallest absolute Gasteiger partial charge is 0.138 e. The molecule has 16 heavy (non-hydrogen) atoms. The van der Waals surface area contributed by atoms with Gasteiger partial charge in [-0.1, -0.05) is 24.3 Å². The lowest BCUT2D eigenvalue weighted by Gasteiger charge is -1.97. The van der Waals surface area contributed by atoms with Crippen LogP contribution in [0, 0.1) is 0 Å². The fraction of sp³-hybridized carbons (Fsp3) is 0.182. The molecule has 2 rings (SSSR count). The Morgan fingerprint density at radius 3 is 2.75 bits per heavy atom. The third-order valence-corrected chi connectivity index (χ3v) is 2.85. The van der Waals surface area contributed by atoms with Crippen molar-refractivity contribution in [2.24, 2.45) is 0 Å². The maximum atomic E-state index is 3.78. The number of nitrogens with zero attached hydrogens (tertiary/aromatic N) is 4. The molecule has 0 fully saturated rings. The molecule has 1 heterocycles. The molecule has 0 amide bonds. The van der Waals surface area contributed by atoms with E-state index in [0.717, 1.165) is 0 Å². The van der Waals surface area contributed by atoms with Crippen LogP contribution >= 0.6 is 11.8 Å². The summed E-state index contributed by atoms with van der Waals surface area (Å²) in [7, 11) is 0. The molecule has 1 aromatic carbocycles. The van der Waals surface area contributed by atoms with Crippen LogP contribution in [0.15, 0.2) is 41.6 Å². The van der Waals surface area contributed by atoms with Gasteiger partial charge in [0.05, 0.1) is 6.54 Å². The van der Waals surface area contributed by atoms with Crippen molar-refractivity contribution in [3.63, 3.8) is 0 Å². The highest BCUT2D eigenvalue weighted by atomic mass is 32.2. The number of hydrogen-bond donors (Lipinski definition) is 0. The summed E-state index contributed by atoms with van der Waals surface area (Å²) >= 11 is 1.74. The fourth-order valence-corrected chi connectivity index (χ4v) is 1.68. The Labute approximate surface area is 98.4 Å². The van der Waals surface area contributed by atoms with Crippen LogP contribution in [0.2, 0.25) is 0 Å². The SMILES string of the molecule is CSc1ccc(/C=C/Cn2cnnn2)cc1. The Kier molecular flexibility index (Phi) is 3.71. The van der Waals surface area contributed by atoms with Gasteiger partial charge in [-0.15, -0.1) is 16.9 Å². The lowest BCUT2D eigenvalue weighted by Crippen LogP contribution is -1.95. The first-order valence-corrected chi connectivity index (χ1v) is 6.12. The highest BCUT2D eigenvalue weighted by molar-refractivity contribution is 7.98. The Hall–Kier alpha value is -1.62. The predicted molar refractivity (Wildman–Crippen MR) is 65.1 cm³/mol. The second-order valence-corrected chi connectivity index (χ2v) is 4.09. The van der Waals surface area contributed by atoms with Crippen molar-refractivity contribution in [1.82, 2.24) is 20.2 Å². The molecule has 0 aliphatic heterocycles. The molecular weight excluding hydrogens is 220 g/mol. The van der Waals surface area contributed by atoms with Gasteiger partial charge in [0, 0.05) is 4.90 Å². The molecule has 0 unspecified atom stereocenters. The van der Waals surface area contributed by atoms with Crippen LogP contribution in [0.4, 0.5) is 0 Å². The summed E-state index contributed by atoms with van der Waals surface area (Å²) in [5, 5.41) is 10.9. The normalized spacial score (nSPS) is 11.1. The Balaban J connectivity index is 1.95. The molecule has 0 atom stereocenters. The minimum atomic E-state index is 0.692. The van der Waals surface area contributed by atoms with Gasteiger partial charge in [-0.2, -0.15) is 0 Å². The molecular formula is C11H12N4S. The van der Waals surface area contributed by atoms with Gasteiger partial charge in [0.25, 0.3) is 0 Å². The molecule has 1 aromatic heterocycles. The number of benzene rings is 1. The third-order valence-electron chi connectivity index (χ3n) is 2.11. The van der Waals surface area contributed by atoms with E-state index in [2.05, 4.69) is 52.1 Å². The fourth-order valence-electron chi connectivity index (χ4n) is 1.28. The van der Waals surface area contributed by atoms with E-state index in [1.165, 1.54) is 10.5 Å². The number of rotatable bonds is 4. The first-order valence-electron chi connectivity index (χ1n) is 4.90. The average Bonchev–Trinajstić information content (AvgIpc) is 2.83. The first-order chi connectivity index (χ1) is 7.88. The first kappa shape index (κ1) is 10.9. The summed E-state index contributed by atoms with van der Waals surface area (Å²) in [4.78, 5) is 1.28. The average molecular weight is 232 g/mol. The molecule has 0 spiro atoms.